The van der Waals surface area contributed by atoms with Crippen molar-refractivity contribution in [1.82, 2.24) is 5.32 Å². The molecule has 16 heavy (non-hydrogen) atoms. The Bertz CT molecular complexity index is 434. The normalized spacial score (nSPS) is 13.6. The predicted molar refractivity (Wildman–Crippen MR) is 65.4 cm³/mol. The number of rotatable bonds is 4. The van der Waals surface area contributed by atoms with Crippen LogP contribution in [0.5, 0.6) is 0 Å². The summed E-state index contributed by atoms with van der Waals surface area (Å²) in [6.45, 7) is 7.71. The van der Waals surface area contributed by atoms with Crippen molar-refractivity contribution in [3.63, 3.8) is 0 Å². The Morgan fingerprint density at radius 1 is 1.38 bits per heavy atom. The van der Waals surface area contributed by atoms with E-state index in [1.165, 1.54) is 11.1 Å². The Labute approximate surface area is 96.4 Å². The van der Waals surface area contributed by atoms with E-state index in [0.29, 0.717) is 6.42 Å². The van der Waals surface area contributed by atoms with Crippen LogP contribution in [0.4, 0.5) is 0 Å². The maximum absolute atomic E-state index is 11.9. The molecule has 0 saturated heterocycles. The molecule has 0 spiro atoms. The second kappa shape index (κ2) is 4.62. The van der Waals surface area contributed by atoms with Gasteiger partial charge in [-0.2, -0.15) is 0 Å². The fraction of sp³-hybridized carbons (Fsp3) is 0.357. The van der Waals surface area contributed by atoms with Crippen LogP contribution in [0.15, 0.2) is 30.4 Å². The standard InChI is InChI=1S/C14H17NO/c1-3-10(2)6-14(16)11-4-5-12-8-15-9-13(12)7-11/h4-5,7,15H,2-3,6,8-9H2,1H3. The van der Waals surface area contributed by atoms with Gasteiger partial charge >= 0.3 is 0 Å². The van der Waals surface area contributed by atoms with Gasteiger partial charge in [0.15, 0.2) is 5.78 Å². The number of hydrogen-bond donors (Lipinski definition) is 1. The lowest BCUT2D eigenvalue weighted by molar-refractivity contribution is 0.0992. The van der Waals surface area contributed by atoms with Crippen LogP contribution in [0.25, 0.3) is 0 Å². The summed E-state index contributed by atoms with van der Waals surface area (Å²) in [5, 5.41) is 3.28. The lowest BCUT2D eigenvalue weighted by Gasteiger charge is -2.04. The number of nitrogens with one attached hydrogen (secondary N) is 1. The molecule has 0 amide bonds. The van der Waals surface area contributed by atoms with E-state index in [0.717, 1.165) is 30.6 Å². The van der Waals surface area contributed by atoms with E-state index in [1.54, 1.807) is 0 Å². The molecular weight excluding hydrogens is 198 g/mol. The number of fused-ring (bicyclic) bond motifs is 1. The van der Waals surface area contributed by atoms with Crippen molar-refractivity contribution in [1.29, 1.82) is 0 Å². The van der Waals surface area contributed by atoms with E-state index < -0.39 is 0 Å². The first-order valence-electron chi connectivity index (χ1n) is 5.73. The summed E-state index contributed by atoms with van der Waals surface area (Å²) in [5.41, 5.74) is 4.39. The molecule has 2 nitrogen and oxygen atoms in total. The largest absolute Gasteiger partial charge is 0.309 e. The summed E-state index contributed by atoms with van der Waals surface area (Å²) in [5.74, 6) is 0.182. The SMILES string of the molecule is C=C(CC)CC(=O)c1ccc2c(c1)CNC2. The zero-order valence-corrected chi connectivity index (χ0v) is 9.68. The molecule has 1 aliphatic rings. The van der Waals surface area contributed by atoms with E-state index in [-0.39, 0.29) is 5.78 Å². The number of carbonyl (C=O) groups excluding carboxylic acids is 1. The average Bonchev–Trinajstić information content (AvgIpc) is 2.75. The van der Waals surface area contributed by atoms with E-state index >= 15 is 0 Å². The Balaban J connectivity index is 2.15. The number of allylic oxidation sites excluding steroid dienone is 1. The van der Waals surface area contributed by atoms with E-state index in [1.807, 2.05) is 19.1 Å². The van der Waals surface area contributed by atoms with Gasteiger partial charge in [-0.3, -0.25) is 4.79 Å². The fourth-order valence-corrected chi connectivity index (χ4v) is 1.92. The van der Waals surface area contributed by atoms with Crippen LogP contribution in [-0.4, -0.2) is 5.78 Å². The van der Waals surface area contributed by atoms with Crippen LogP contribution in [0, 0.1) is 0 Å². The molecule has 0 aromatic heterocycles. The quantitative estimate of drug-likeness (QED) is 0.618. The maximum Gasteiger partial charge on any atom is 0.166 e. The Hall–Kier alpha value is -1.41. The number of Topliss-reactive ketones (excluding diaryl/α,β-unsaturated/α-hetero) is 1. The smallest absolute Gasteiger partial charge is 0.166 e. The van der Waals surface area contributed by atoms with E-state index in [9.17, 15) is 4.79 Å². The van der Waals surface area contributed by atoms with Crippen molar-refractivity contribution in [2.75, 3.05) is 0 Å². The van der Waals surface area contributed by atoms with Gasteiger partial charge in [0.25, 0.3) is 0 Å². The molecule has 1 aromatic carbocycles. The predicted octanol–water partition coefficient (Wildman–Crippen LogP) is 2.83. The van der Waals surface area contributed by atoms with Gasteiger partial charge in [-0.25, -0.2) is 0 Å². The Morgan fingerprint density at radius 3 is 2.88 bits per heavy atom. The molecule has 0 radical (unpaired) electrons. The van der Waals surface area contributed by atoms with Crippen molar-refractivity contribution in [3.8, 4) is 0 Å². The molecule has 0 unspecified atom stereocenters. The van der Waals surface area contributed by atoms with Crippen molar-refractivity contribution in [2.45, 2.75) is 32.9 Å². The monoisotopic (exact) mass is 215 g/mol. The van der Waals surface area contributed by atoms with Gasteiger partial charge in [0.05, 0.1) is 0 Å². The van der Waals surface area contributed by atoms with Gasteiger partial charge in [-0.05, 0) is 23.6 Å². The zero-order chi connectivity index (χ0) is 11.5. The molecule has 0 saturated carbocycles. The summed E-state index contributed by atoms with van der Waals surface area (Å²) < 4.78 is 0. The van der Waals surface area contributed by atoms with Gasteiger partial charge in [0, 0.05) is 25.1 Å². The minimum atomic E-state index is 0.182. The van der Waals surface area contributed by atoms with Gasteiger partial charge in [0.2, 0.25) is 0 Å². The molecule has 1 N–H and O–H groups in total. The highest BCUT2D eigenvalue weighted by atomic mass is 16.1. The van der Waals surface area contributed by atoms with Crippen molar-refractivity contribution < 1.29 is 4.79 Å². The first kappa shape index (κ1) is 11.1. The van der Waals surface area contributed by atoms with Crippen LogP contribution in [0.1, 0.15) is 41.3 Å². The van der Waals surface area contributed by atoms with Crippen LogP contribution >= 0.6 is 0 Å². The summed E-state index contributed by atoms with van der Waals surface area (Å²) in [6.07, 6.45) is 1.35. The summed E-state index contributed by atoms with van der Waals surface area (Å²) in [4.78, 5) is 11.9. The third kappa shape index (κ3) is 2.22. The maximum atomic E-state index is 11.9. The van der Waals surface area contributed by atoms with Crippen molar-refractivity contribution in [2.24, 2.45) is 0 Å². The average molecular weight is 215 g/mol. The molecule has 1 aliphatic heterocycles. The van der Waals surface area contributed by atoms with E-state index in [4.69, 9.17) is 0 Å². The van der Waals surface area contributed by atoms with Crippen LogP contribution in [-0.2, 0) is 13.1 Å². The zero-order valence-electron chi connectivity index (χ0n) is 9.68. The molecule has 2 heteroatoms. The van der Waals surface area contributed by atoms with Gasteiger partial charge in [0.1, 0.15) is 0 Å². The molecule has 0 atom stereocenters. The minimum Gasteiger partial charge on any atom is -0.309 e. The first-order chi connectivity index (χ1) is 7.70. The van der Waals surface area contributed by atoms with Gasteiger partial charge in [-0.15, -0.1) is 0 Å². The van der Waals surface area contributed by atoms with Crippen LogP contribution < -0.4 is 5.32 Å². The Kier molecular flexibility index (Phi) is 3.20. The summed E-state index contributed by atoms with van der Waals surface area (Å²) >= 11 is 0. The molecular formula is C14H17NO. The number of hydrogen-bond acceptors (Lipinski definition) is 2. The van der Waals surface area contributed by atoms with Crippen LogP contribution in [0.3, 0.4) is 0 Å². The molecule has 2 rings (SSSR count). The van der Waals surface area contributed by atoms with Crippen molar-refractivity contribution in [3.05, 3.63) is 47.0 Å². The molecule has 0 fully saturated rings. The lowest BCUT2D eigenvalue weighted by Crippen LogP contribution is -2.01. The highest BCUT2D eigenvalue weighted by Crippen LogP contribution is 2.19. The second-order valence-corrected chi connectivity index (χ2v) is 4.29. The molecule has 84 valence electrons. The molecule has 0 bridgehead atoms. The van der Waals surface area contributed by atoms with Gasteiger partial charge in [-0.1, -0.05) is 31.2 Å². The lowest BCUT2D eigenvalue weighted by atomic mass is 9.99. The third-order valence-electron chi connectivity index (χ3n) is 3.07. The fourth-order valence-electron chi connectivity index (χ4n) is 1.92. The number of carbonyl (C=O) groups is 1. The molecule has 0 aliphatic carbocycles. The molecule has 1 heterocycles. The highest BCUT2D eigenvalue weighted by Gasteiger charge is 2.13. The first-order valence-corrected chi connectivity index (χ1v) is 5.73. The van der Waals surface area contributed by atoms with E-state index in [2.05, 4.69) is 18.0 Å². The molecule has 1 aromatic rings. The van der Waals surface area contributed by atoms with Crippen LogP contribution in [0.2, 0.25) is 0 Å². The van der Waals surface area contributed by atoms with Crippen molar-refractivity contribution >= 4 is 5.78 Å². The highest BCUT2D eigenvalue weighted by molar-refractivity contribution is 5.97. The minimum absolute atomic E-state index is 0.182. The topological polar surface area (TPSA) is 29.1 Å². The summed E-state index contributed by atoms with van der Waals surface area (Å²) in [6, 6.07) is 6.00. The summed E-state index contributed by atoms with van der Waals surface area (Å²) in [7, 11) is 0. The van der Waals surface area contributed by atoms with Gasteiger partial charge < -0.3 is 5.32 Å². The second-order valence-electron chi connectivity index (χ2n) is 4.29. The third-order valence-corrected chi connectivity index (χ3v) is 3.07. The number of benzene rings is 1. The Morgan fingerprint density at radius 2 is 2.12 bits per heavy atom. The number of ketones is 1.